The van der Waals surface area contributed by atoms with Crippen molar-refractivity contribution >= 4 is 17.6 Å². The average Bonchev–Trinajstić information content (AvgIpc) is 2.59. The van der Waals surface area contributed by atoms with Gasteiger partial charge in [-0.3, -0.25) is 9.59 Å². The van der Waals surface area contributed by atoms with Crippen LogP contribution in [-0.2, 0) is 0 Å². The van der Waals surface area contributed by atoms with E-state index in [4.69, 9.17) is 4.74 Å². The van der Waals surface area contributed by atoms with E-state index in [1.165, 1.54) is 24.3 Å². The third-order valence-electron chi connectivity index (χ3n) is 3.45. The molecule has 0 radical (unpaired) electrons. The lowest BCUT2D eigenvalue weighted by Gasteiger charge is -2.04. The number of aromatic hydroxyl groups is 1. The molecular formula is C19H18O4. The zero-order valence-electron chi connectivity index (χ0n) is 13.1. The minimum atomic E-state index is -0.231. The fourth-order valence-corrected chi connectivity index (χ4v) is 2.09. The molecule has 0 spiro atoms. The monoisotopic (exact) mass is 310 g/mol. The molecule has 2 rings (SSSR count). The number of Topliss-reactive ketones (excluding diaryl/α,β-unsaturated/α-hetero) is 1. The zero-order chi connectivity index (χ0) is 16.8. The Morgan fingerprint density at radius 1 is 1.13 bits per heavy atom. The summed E-state index contributed by atoms with van der Waals surface area (Å²) in [7, 11) is 1.59. The first-order chi connectivity index (χ1) is 11.0. The van der Waals surface area contributed by atoms with Gasteiger partial charge in [0.05, 0.1) is 12.7 Å². The van der Waals surface area contributed by atoms with Gasteiger partial charge in [-0.2, -0.15) is 0 Å². The van der Waals surface area contributed by atoms with Gasteiger partial charge in [0.15, 0.2) is 11.6 Å². The second kappa shape index (κ2) is 7.40. The van der Waals surface area contributed by atoms with E-state index in [1.54, 1.807) is 20.1 Å². The van der Waals surface area contributed by atoms with Crippen LogP contribution in [0.5, 0.6) is 11.5 Å². The first-order valence-electron chi connectivity index (χ1n) is 7.27. The standard InChI is InChI=1S/C19H18O4/c1-3-17(20)16-12-14(7-11-19(16)22)18(21)10-6-13-4-8-15(23-2)9-5-13/h4-12,22H,3H2,1-2H3. The van der Waals surface area contributed by atoms with Crippen LogP contribution in [0.3, 0.4) is 0 Å². The predicted molar refractivity (Wildman–Crippen MR) is 89.1 cm³/mol. The lowest BCUT2D eigenvalue weighted by molar-refractivity contribution is 0.0985. The summed E-state index contributed by atoms with van der Waals surface area (Å²) in [6.07, 6.45) is 3.40. The van der Waals surface area contributed by atoms with E-state index in [-0.39, 0.29) is 29.3 Å². The second-order valence-electron chi connectivity index (χ2n) is 4.98. The SMILES string of the molecule is CCC(=O)c1cc(C(=O)C=Cc2ccc(OC)cc2)ccc1O. The molecular weight excluding hydrogens is 292 g/mol. The van der Waals surface area contributed by atoms with Gasteiger partial charge in [-0.1, -0.05) is 25.1 Å². The summed E-state index contributed by atoms with van der Waals surface area (Å²) in [5.74, 6) is 0.213. The van der Waals surface area contributed by atoms with Crippen LogP contribution in [0, 0.1) is 0 Å². The molecule has 1 N–H and O–H groups in total. The molecule has 0 atom stereocenters. The van der Waals surface area contributed by atoms with Crippen molar-refractivity contribution in [3.63, 3.8) is 0 Å². The van der Waals surface area contributed by atoms with Crippen LogP contribution in [0.2, 0.25) is 0 Å². The molecule has 0 aliphatic carbocycles. The Morgan fingerprint density at radius 2 is 1.83 bits per heavy atom. The summed E-state index contributed by atoms with van der Waals surface area (Å²) in [6.45, 7) is 1.71. The molecule has 4 nitrogen and oxygen atoms in total. The number of rotatable bonds is 6. The van der Waals surface area contributed by atoms with Gasteiger partial charge in [-0.25, -0.2) is 0 Å². The van der Waals surface area contributed by atoms with Crippen molar-refractivity contribution < 1.29 is 19.4 Å². The van der Waals surface area contributed by atoms with Gasteiger partial charge in [0.25, 0.3) is 0 Å². The number of ether oxygens (including phenoxy) is 1. The fourth-order valence-electron chi connectivity index (χ4n) is 2.09. The molecule has 0 saturated heterocycles. The molecule has 0 unspecified atom stereocenters. The van der Waals surface area contributed by atoms with Crippen molar-refractivity contribution in [2.24, 2.45) is 0 Å². The molecule has 2 aromatic carbocycles. The predicted octanol–water partition coefficient (Wildman–Crippen LogP) is 3.89. The van der Waals surface area contributed by atoms with E-state index in [2.05, 4.69) is 0 Å². The van der Waals surface area contributed by atoms with Crippen LogP contribution in [0.25, 0.3) is 6.08 Å². The third kappa shape index (κ3) is 4.07. The molecule has 0 aromatic heterocycles. The first kappa shape index (κ1) is 16.5. The highest BCUT2D eigenvalue weighted by atomic mass is 16.5. The number of allylic oxidation sites excluding steroid dienone is 1. The van der Waals surface area contributed by atoms with Gasteiger partial charge >= 0.3 is 0 Å². The maximum absolute atomic E-state index is 12.2. The quantitative estimate of drug-likeness (QED) is 0.649. The molecule has 0 saturated carbocycles. The number of methoxy groups -OCH3 is 1. The van der Waals surface area contributed by atoms with E-state index < -0.39 is 0 Å². The number of carbonyl (C=O) groups is 2. The molecule has 0 amide bonds. The molecule has 23 heavy (non-hydrogen) atoms. The molecule has 2 aromatic rings. The smallest absolute Gasteiger partial charge is 0.185 e. The fraction of sp³-hybridized carbons (Fsp3) is 0.158. The number of phenols is 1. The Morgan fingerprint density at radius 3 is 2.43 bits per heavy atom. The van der Waals surface area contributed by atoms with Crippen molar-refractivity contribution in [1.82, 2.24) is 0 Å². The highest BCUT2D eigenvalue weighted by Gasteiger charge is 2.12. The minimum absolute atomic E-state index is 0.104. The molecule has 0 bridgehead atoms. The maximum atomic E-state index is 12.2. The van der Waals surface area contributed by atoms with Gasteiger partial charge in [0.1, 0.15) is 11.5 Å². The van der Waals surface area contributed by atoms with Gasteiger partial charge in [0.2, 0.25) is 0 Å². The third-order valence-corrected chi connectivity index (χ3v) is 3.45. The molecule has 0 aliphatic heterocycles. The maximum Gasteiger partial charge on any atom is 0.185 e. The number of benzene rings is 2. The summed E-state index contributed by atoms with van der Waals surface area (Å²) >= 11 is 0. The van der Waals surface area contributed by atoms with Crippen molar-refractivity contribution in [3.8, 4) is 11.5 Å². The van der Waals surface area contributed by atoms with Gasteiger partial charge in [0, 0.05) is 12.0 Å². The van der Waals surface area contributed by atoms with Crippen molar-refractivity contribution in [1.29, 1.82) is 0 Å². The summed E-state index contributed by atoms with van der Waals surface area (Å²) in [5, 5.41) is 9.71. The van der Waals surface area contributed by atoms with E-state index in [1.807, 2.05) is 24.3 Å². The number of hydrogen-bond acceptors (Lipinski definition) is 4. The van der Waals surface area contributed by atoms with Crippen molar-refractivity contribution in [2.45, 2.75) is 13.3 Å². The Hall–Kier alpha value is -2.88. The molecule has 0 fully saturated rings. The summed E-state index contributed by atoms with van der Waals surface area (Å²) in [5.41, 5.74) is 1.41. The summed E-state index contributed by atoms with van der Waals surface area (Å²) in [6, 6.07) is 11.6. The summed E-state index contributed by atoms with van der Waals surface area (Å²) in [4.78, 5) is 24.0. The van der Waals surface area contributed by atoms with Crippen LogP contribution in [-0.4, -0.2) is 23.8 Å². The van der Waals surface area contributed by atoms with Crippen molar-refractivity contribution in [2.75, 3.05) is 7.11 Å². The van der Waals surface area contributed by atoms with E-state index in [9.17, 15) is 14.7 Å². The molecule has 0 aliphatic rings. The van der Waals surface area contributed by atoms with E-state index in [0.29, 0.717) is 5.56 Å². The lowest BCUT2D eigenvalue weighted by atomic mass is 10.0. The molecule has 0 heterocycles. The van der Waals surface area contributed by atoms with E-state index in [0.717, 1.165) is 11.3 Å². The van der Waals surface area contributed by atoms with Gasteiger partial charge in [-0.15, -0.1) is 0 Å². The minimum Gasteiger partial charge on any atom is -0.507 e. The van der Waals surface area contributed by atoms with Gasteiger partial charge < -0.3 is 9.84 Å². The Bertz CT molecular complexity index is 742. The Labute approximate surface area is 135 Å². The number of carbonyl (C=O) groups excluding carboxylic acids is 2. The van der Waals surface area contributed by atoms with Crippen LogP contribution in [0.1, 0.15) is 39.6 Å². The highest BCUT2D eigenvalue weighted by molar-refractivity contribution is 6.09. The van der Waals surface area contributed by atoms with Crippen LogP contribution in [0.15, 0.2) is 48.5 Å². The summed E-state index contributed by atoms with van der Waals surface area (Å²) < 4.78 is 5.07. The normalized spacial score (nSPS) is 10.7. The van der Waals surface area contributed by atoms with Crippen LogP contribution in [0.4, 0.5) is 0 Å². The van der Waals surface area contributed by atoms with E-state index >= 15 is 0 Å². The Balaban J connectivity index is 2.19. The van der Waals surface area contributed by atoms with Crippen molar-refractivity contribution in [3.05, 3.63) is 65.2 Å². The molecule has 118 valence electrons. The zero-order valence-corrected chi connectivity index (χ0v) is 13.1. The largest absolute Gasteiger partial charge is 0.507 e. The average molecular weight is 310 g/mol. The number of phenolic OH excluding ortho intramolecular Hbond substituents is 1. The number of ketones is 2. The lowest BCUT2D eigenvalue weighted by Crippen LogP contribution is -2.01. The Kier molecular flexibility index (Phi) is 5.31. The van der Waals surface area contributed by atoms with Crippen LogP contribution < -0.4 is 4.74 Å². The number of hydrogen-bond donors (Lipinski definition) is 1. The molecule has 4 heteroatoms. The first-order valence-corrected chi connectivity index (χ1v) is 7.27. The topological polar surface area (TPSA) is 63.6 Å². The van der Waals surface area contributed by atoms with Gasteiger partial charge in [-0.05, 0) is 42.0 Å². The second-order valence-corrected chi connectivity index (χ2v) is 4.98. The van der Waals surface area contributed by atoms with Crippen LogP contribution >= 0.6 is 0 Å². The highest BCUT2D eigenvalue weighted by Crippen LogP contribution is 2.21.